The molecule has 1 rings (SSSR count). The Morgan fingerprint density at radius 2 is 2.08 bits per heavy atom. The highest BCUT2D eigenvalue weighted by Gasteiger charge is 1.96. The molecule has 0 unspecified atom stereocenters. The molecule has 0 aliphatic carbocycles. The SMILES string of the molecule is C/C=C/c1ccc(C)cc1SC. The summed E-state index contributed by atoms with van der Waals surface area (Å²) in [5.74, 6) is 0. The molecule has 0 saturated carbocycles. The number of benzene rings is 1. The van der Waals surface area contributed by atoms with E-state index in [4.69, 9.17) is 0 Å². The van der Waals surface area contributed by atoms with Crippen LogP contribution in [0.1, 0.15) is 18.1 Å². The maximum atomic E-state index is 2.22. The average molecular weight is 178 g/mol. The lowest BCUT2D eigenvalue weighted by Crippen LogP contribution is -1.80. The highest BCUT2D eigenvalue weighted by molar-refractivity contribution is 7.98. The van der Waals surface area contributed by atoms with E-state index in [1.165, 1.54) is 16.0 Å². The molecule has 0 saturated heterocycles. The summed E-state index contributed by atoms with van der Waals surface area (Å²) in [6, 6.07) is 6.54. The normalized spacial score (nSPS) is 10.9. The van der Waals surface area contributed by atoms with E-state index in [1.54, 1.807) is 11.8 Å². The Labute approximate surface area is 78.7 Å². The third-order valence-electron chi connectivity index (χ3n) is 1.74. The van der Waals surface area contributed by atoms with Crippen molar-refractivity contribution in [3.63, 3.8) is 0 Å². The van der Waals surface area contributed by atoms with Crippen molar-refractivity contribution in [1.29, 1.82) is 0 Å². The van der Waals surface area contributed by atoms with Crippen LogP contribution in [0.15, 0.2) is 29.2 Å². The average Bonchev–Trinajstić information content (AvgIpc) is 2.08. The van der Waals surface area contributed by atoms with Crippen LogP contribution < -0.4 is 0 Å². The molecule has 0 fully saturated rings. The lowest BCUT2D eigenvalue weighted by atomic mass is 10.1. The molecular weight excluding hydrogens is 164 g/mol. The zero-order valence-electron chi connectivity index (χ0n) is 7.79. The third-order valence-corrected chi connectivity index (χ3v) is 2.53. The number of hydrogen-bond donors (Lipinski definition) is 0. The van der Waals surface area contributed by atoms with Gasteiger partial charge in [0.15, 0.2) is 0 Å². The van der Waals surface area contributed by atoms with Gasteiger partial charge in [-0.15, -0.1) is 11.8 Å². The fourth-order valence-corrected chi connectivity index (χ4v) is 1.81. The van der Waals surface area contributed by atoms with Crippen LogP contribution in [-0.4, -0.2) is 6.26 Å². The maximum Gasteiger partial charge on any atom is 0.0144 e. The second-order valence-corrected chi connectivity index (χ2v) is 3.59. The Morgan fingerprint density at radius 1 is 1.33 bits per heavy atom. The van der Waals surface area contributed by atoms with Crippen molar-refractivity contribution in [2.24, 2.45) is 0 Å². The van der Waals surface area contributed by atoms with Crippen LogP contribution in [0.3, 0.4) is 0 Å². The van der Waals surface area contributed by atoms with Crippen LogP contribution >= 0.6 is 11.8 Å². The summed E-state index contributed by atoms with van der Waals surface area (Å²) in [6.07, 6.45) is 6.33. The first-order chi connectivity index (χ1) is 5.77. The van der Waals surface area contributed by atoms with E-state index in [0.717, 1.165) is 0 Å². The number of hydrogen-bond acceptors (Lipinski definition) is 1. The van der Waals surface area contributed by atoms with E-state index in [-0.39, 0.29) is 0 Å². The molecule has 0 N–H and O–H groups in total. The zero-order chi connectivity index (χ0) is 8.97. The van der Waals surface area contributed by atoms with Crippen LogP contribution in [0, 0.1) is 6.92 Å². The third kappa shape index (κ3) is 2.15. The van der Waals surface area contributed by atoms with Gasteiger partial charge in [0.25, 0.3) is 0 Å². The van der Waals surface area contributed by atoms with E-state index >= 15 is 0 Å². The van der Waals surface area contributed by atoms with Crippen molar-refractivity contribution in [2.45, 2.75) is 18.7 Å². The van der Waals surface area contributed by atoms with E-state index in [9.17, 15) is 0 Å². The summed E-state index contributed by atoms with van der Waals surface area (Å²) in [6.45, 7) is 4.17. The Kier molecular flexibility index (Phi) is 3.42. The summed E-state index contributed by atoms with van der Waals surface area (Å²) in [5, 5.41) is 0. The number of allylic oxidation sites excluding steroid dienone is 1. The van der Waals surface area contributed by atoms with Crippen LogP contribution in [0.2, 0.25) is 0 Å². The van der Waals surface area contributed by atoms with Crippen molar-refractivity contribution in [2.75, 3.05) is 6.26 Å². The Morgan fingerprint density at radius 3 is 2.67 bits per heavy atom. The summed E-state index contributed by atoms with van der Waals surface area (Å²) in [4.78, 5) is 1.35. The van der Waals surface area contributed by atoms with Crippen molar-refractivity contribution >= 4 is 17.8 Å². The molecule has 0 spiro atoms. The highest BCUT2D eigenvalue weighted by atomic mass is 32.2. The summed E-state index contributed by atoms with van der Waals surface area (Å²) >= 11 is 1.80. The van der Waals surface area contributed by atoms with Crippen LogP contribution in [-0.2, 0) is 0 Å². The summed E-state index contributed by atoms with van der Waals surface area (Å²) < 4.78 is 0. The van der Waals surface area contributed by atoms with Crippen LogP contribution in [0.25, 0.3) is 6.08 Å². The molecule has 1 aromatic carbocycles. The van der Waals surface area contributed by atoms with Gasteiger partial charge < -0.3 is 0 Å². The number of rotatable bonds is 2. The minimum Gasteiger partial charge on any atom is -0.129 e. The maximum absolute atomic E-state index is 2.22. The molecule has 0 atom stereocenters. The zero-order valence-corrected chi connectivity index (χ0v) is 8.61. The lowest BCUT2D eigenvalue weighted by molar-refractivity contribution is 1.34. The fraction of sp³-hybridized carbons (Fsp3) is 0.273. The summed E-state index contributed by atoms with van der Waals surface area (Å²) in [5.41, 5.74) is 2.64. The van der Waals surface area contributed by atoms with E-state index in [0.29, 0.717) is 0 Å². The smallest absolute Gasteiger partial charge is 0.0144 e. The Hall–Kier alpha value is -0.690. The molecule has 0 radical (unpaired) electrons. The van der Waals surface area contributed by atoms with Gasteiger partial charge in [-0.25, -0.2) is 0 Å². The first kappa shape index (κ1) is 9.40. The predicted octanol–water partition coefficient (Wildman–Crippen LogP) is 3.75. The van der Waals surface area contributed by atoms with Crippen molar-refractivity contribution in [3.8, 4) is 0 Å². The Bertz CT molecular complexity index is 287. The molecule has 12 heavy (non-hydrogen) atoms. The Balaban J connectivity index is 3.10. The standard InChI is InChI=1S/C11H14S/c1-4-5-10-7-6-9(2)8-11(10)12-3/h4-8H,1-3H3/b5-4+. The quantitative estimate of drug-likeness (QED) is 0.621. The van der Waals surface area contributed by atoms with Gasteiger partial charge in [-0.1, -0.05) is 24.3 Å². The molecule has 0 aliphatic rings. The van der Waals surface area contributed by atoms with Gasteiger partial charge in [-0.3, -0.25) is 0 Å². The van der Waals surface area contributed by atoms with Gasteiger partial charge in [-0.2, -0.15) is 0 Å². The lowest BCUT2D eigenvalue weighted by Gasteiger charge is -2.03. The van der Waals surface area contributed by atoms with Gasteiger partial charge in [0.1, 0.15) is 0 Å². The second-order valence-electron chi connectivity index (χ2n) is 2.75. The van der Waals surface area contributed by atoms with Gasteiger partial charge >= 0.3 is 0 Å². The topological polar surface area (TPSA) is 0 Å². The monoisotopic (exact) mass is 178 g/mol. The number of aryl methyl sites for hydroxylation is 1. The molecule has 1 aromatic rings. The van der Waals surface area contributed by atoms with Gasteiger partial charge in [0.2, 0.25) is 0 Å². The molecule has 0 heterocycles. The largest absolute Gasteiger partial charge is 0.129 e. The van der Waals surface area contributed by atoms with E-state index in [1.807, 2.05) is 6.92 Å². The molecular formula is C11H14S. The minimum atomic E-state index is 1.32. The van der Waals surface area contributed by atoms with E-state index < -0.39 is 0 Å². The van der Waals surface area contributed by atoms with Gasteiger partial charge in [0.05, 0.1) is 0 Å². The van der Waals surface area contributed by atoms with Crippen molar-refractivity contribution in [1.82, 2.24) is 0 Å². The first-order valence-corrected chi connectivity index (χ1v) is 5.27. The first-order valence-electron chi connectivity index (χ1n) is 4.05. The minimum absolute atomic E-state index is 1.32. The van der Waals surface area contributed by atoms with Crippen LogP contribution in [0.5, 0.6) is 0 Å². The fourth-order valence-electron chi connectivity index (χ4n) is 1.14. The molecule has 0 amide bonds. The van der Waals surface area contributed by atoms with Crippen LogP contribution in [0.4, 0.5) is 0 Å². The predicted molar refractivity (Wildman–Crippen MR) is 57.7 cm³/mol. The molecule has 0 aromatic heterocycles. The second kappa shape index (κ2) is 4.36. The number of thioether (sulfide) groups is 1. The molecule has 0 bridgehead atoms. The summed E-state index contributed by atoms with van der Waals surface area (Å²) in [7, 11) is 0. The van der Waals surface area contributed by atoms with Gasteiger partial charge in [0, 0.05) is 4.90 Å². The molecule has 64 valence electrons. The van der Waals surface area contributed by atoms with Crippen molar-refractivity contribution < 1.29 is 0 Å². The highest BCUT2D eigenvalue weighted by Crippen LogP contribution is 2.22. The van der Waals surface area contributed by atoms with Gasteiger partial charge in [-0.05, 0) is 37.3 Å². The van der Waals surface area contributed by atoms with E-state index in [2.05, 4.69) is 43.5 Å². The van der Waals surface area contributed by atoms with Crippen molar-refractivity contribution in [3.05, 3.63) is 35.4 Å². The molecule has 1 heteroatoms. The molecule has 0 aliphatic heterocycles. The molecule has 0 nitrogen and oxygen atoms in total.